The van der Waals surface area contributed by atoms with Crippen molar-refractivity contribution in [2.24, 2.45) is 0 Å². The molecule has 0 atom stereocenters. The molecular weight excluding hydrogens is 244 g/mol. The molecule has 0 aliphatic rings. The fraction of sp³-hybridized carbons (Fsp3) is 0.308. The second kappa shape index (κ2) is 6.65. The summed E-state index contributed by atoms with van der Waals surface area (Å²) in [5, 5.41) is 3.28. The van der Waals surface area contributed by atoms with Crippen molar-refractivity contribution in [2.45, 2.75) is 13.1 Å². The van der Waals surface area contributed by atoms with E-state index in [0.717, 1.165) is 18.8 Å². The van der Waals surface area contributed by atoms with Crippen molar-refractivity contribution in [1.29, 1.82) is 0 Å². The smallest absolute Gasteiger partial charge is 0.339 e. The van der Waals surface area contributed by atoms with Crippen molar-refractivity contribution < 1.29 is 9.53 Å². The number of esters is 1. The van der Waals surface area contributed by atoms with E-state index in [1.54, 1.807) is 18.6 Å². The third-order valence-electron chi connectivity index (χ3n) is 2.66. The largest absolute Gasteiger partial charge is 0.465 e. The lowest BCUT2D eigenvalue weighted by Gasteiger charge is -2.05. The molecule has 0 spiro atoms. The predicted molar refractivity (Wildman–Crippen MR) is 69.5 cm³/mol. The molecule has 0 fully saturated rings. The average Bonchev–Trinajstić information content (AvgIpc) is 2.96. The number of imidazole rings is 1. The number of nitrogens with zero attached hydrogens (tertiary/aromatic N) is 3. The van der Waals surface area contributed by atoms with E-state index < -0.39 is 0 Å². The van der Waals surface area contributed by atoms with E-state index in [4.69, 9.17) is 0 Å². The van der Waals surface area contributed by atoms with Crippen molar-refractivity contribution in [3.63, 3.8) is 0 Å². The second-order valence-corrected chi connectivity index (χ2v) is 4.01. The van der Waals surface area contributed by atoms with E-state index >= 15 is 0 Å². The van der Waals surface area contributed by atoms with Crippen molar-refractivity contribution in [3.05, 3.63) is 48.3 Å². The predicted octanol–water partition coefficient (Wildman–Crippen LogP) is 0.854. The van der Waals surface area contributed by atoms with Crippen LogP contribution in [0.15, 0.2) is 37.1 Å². The van der Waals surface area contributed by atoms with Crippen LogP contribution in [0.25, 0.3) is 0 Å². The molecule has 19 heavy (non-hydrogen) atoms. The van der Waals surface area contributed by atoms with Gasteiger partial charge in [0.15, 0.2) is 0 Å². The highest BCUT2D eigenvalue weighted by atomic mass is 16.5. The summed E-state index contributed by atoms with van der Waals surface area (Å²) in [7, 11) is 1.36. The third kappa shape index (κ3) is 3.89. The Morgan fingerprint density at radius 1 is 1.47 bits per heavy atom. The van der Waals surface area contributed by atoms with Crippen LogP contribution in [0.5, 0.6) is 0 Å². The van der Waals surface area contributed by atoms with Crippen molar-refractivity contribution in [3.8, 4) is 0 Å². The number of pyridine rings is 1. The molecule has 0 aromatic carbocycles. The number of nitrogens with one attached hydrogen (secondary N) is 1. The van der Waals surface area contributed by atoms with Gasteiger partial charge in [0.05, 0.1) is 24.7 Å². The number of carbonyl (C=O) groups is 1. The van der Waals surface area contributed by atoms with Crippen LogP contribution in [0, 0.1) is 0 Å². The summed E-state index contributed by atoms with van der Waals surface area (Å²) >= 11 is 0. The van der Waals surface area contributed by atoms with Gasteiger partial charge in [-0.15, -0.1) is 0 Å². The zero-order valence-electron chi connectivity index (χ0n) is 10.7. The van der Waals surface area contributed by atoms with E-state index in [0.29, 0.717) is 12.1 Å². The summed E-state index contributed by atoms with van der Waals surface area (Å²) in [6, 6.07) is 3.53. The van der Waals surface area contributed by atoms with E-state index in [1.165, 1.54) is 13.3 Å². The molecule has 0 aliphatic carbocycles. The fourth-order valence-corrected chi connectivity index (χ4v) is 1.61. The number of hydrogen-bond donors (Lipinski definition) is 1. The van der Waals surface area contributed by atoms with Gasteiger partial charge >= 0.3 is 5.97 Å². The molecule has 6 nitrogen and oxygen atoms in total. The number of methoxy groups -OCH3 is 1. The van der Waals surface area contributed by atoms with E-state index in [1.807, 2.05) is 16.8 Å². The topological polar surface area (TPSA) is 69.0 Å². The molecular formula is C13H16N4O2. The van der Waals surface area contributed by atoms with Crippen molar-refractivity contribution in [1.82, 2.24) is 19.9 Å². The summed E-state index contributed by atoms with van der Waals surface area (Å²) in [5.74, 6) is -0.368. The zero-order chi connectivity index (χ0) is 13.5. The molecule has 2 heterocycles. The van der Waals surface area contributed by atoms with E-state index in [9.17, 15) is 4.79 Å². The maximum absolute atomic E-state index is 11.2. The quantitative estimate of drug-likeness (QED) is 0.616. The SMILES string of the molecule is COC(=O)c1ccc(CNCCn2ccnc2)nc1. The fourth-order valence-electron chi connectivity index (χ4n) is 1.61. The van der Waals surface area contributed by atoms with Crippen LogP contribution in [0.4, 0.5) is 0 Å². The number of hydrogen-bond acceptors (Lipinski definition) is 5. The van der Waals surface area contributed by atoms with Crippen LogP contribution in [0.3, 0.4) is 0 Å². The first-order valence-corrected chi connectivity index (χ1v) is 5.99. The molecule has 0 radical (unpaired) electrons. The Labute approximate surface area is 111 Å². The van der Waals surface area contributed by atoms with Crippen LogP contribution >= 0.6 is 0 Å². The highest BCUT2D eigenvalue weighted by Crippen LogP contribution is 2.01. The van der Waals surface area contributed by atoms with E-state index in [2.05, 4.69) is 20.0 Å². The minimum absolute atomic E-state index is 0.368. The van der Waals surface area contributed by atoms with Crippen LogP contribution in [0.2, 0.25) is 0 Å². The molecule has 6 heteroatoms. The Bertz CT molecular complexity index is 508. The van der Waals surface area contributed by atoms with Crippen molar-refractivity contribution >= 4 is 5.97 Å². The monoisotopic (exact) mass is 260 g/mol. The molecule has 0 bridgehead atoms. The summed E-state index contributed by atoms with van der Waals surface area (Å²) in [6.45, 7) is 2.35. The normalized spacial score (nSPS) is 10.4. The Balaban J connectivity index is 1.75. The minimum Gasteiger partial charge on any atom is -0.465 e. The van der Waals surface area contributed by atoms with Crippen LogP contribution in [0.1, 0.15) is 16.1 Å². The number of aromatic nitrogens is 3. The second-order valence-electron chi connectivity index (χ2n) is 4.01. The molecule has 2 aromatic heterocycles. The lowest BCUT2D eigenvalue weighted by molar-refractivity contribution is 0.0600. The lowest BCUT2D eigenvalue weighted by Crippen LogP contribution is -2.19. The standard InChI is InChI=1S/C13H16N4O2/c1-19-13(18)11-2-3-12(16-8-11)9-14-4-6-17-7-5-15-10-17/h2-3,5,7-8,10,14H,4,6,9H2,1H3. The first kappa shape index (κ1) is 13.2. The molecule has 0 amide bonds. The van der Waals surface area contributed by atoms with Gasteiger partial charge < -0.3 is 14.6 Å². The maximum Gasteiger partial charge on any atom is 0.339 e. The van der Waals surface area contributed by atoms with Gasteiger partial charge in [-0.3, -0.25) is 4.98 Å². The molecule has 1 N–H and O–H groups in total. The van der Waals surface area contributed by atoms with Gasteiger partial charge in [0, 0.05) is 38.2 Å². The van der Waals surface area contributed by atoms with Gasteiger partial charge in [0.2, 0.25) is 0 Å². The number of carbonyl (C=O) groups excluding carboxylic acids is 1. The van der Waals surface area contributed by atoms with Crippen LogP contribution in [-0.2, 0) is 17.8 Å². The summed E-state index contributed by atoms with van der Waals surface area (Å²) < 4.78 is 6.61. The molecule has 2 rings (SSSR count). The summed E-state index contributed by atoms with van der Waals surface area (Å²) in [4.78, 5) is 19.4. The van der Waals surface area contributed by atoms with Crippen molar-refractivity contribution in [2.75, 3.05) is 13.7 Å². The Kier molecular flexibility index (Phi) is 4.63. The average molecular weight is 260 g/mol. The van der Waals surface area contributed by atoms with Gasteiger partial charge in [-0.25, -0.2) is 9.78 Å². The molecule has 2 aromatic rings. The zero-order valence-corrected chi connectivity index (χ0v) is 10.7. The van der Waals surface area contributed by atoms with Gasteiger partial charge in [-0.2, -0.15) is 0 Å². The van der Waals surface area contributed by atoms with Gasteiger partial charge in [0.1, 0.15) is 0 Å². The highest BCUT2D eigenvalue weighted by Gasteiger charge is 2.04. The summed E-state index contributed by atoms with van der Waals surface area (Å²) in [6.07, 6.45) is 6.99. The highest BCUT2D eigenvalue weighted by molar-refractivity contribution is 5.88. The molecule has 0 aliphatic heterocycles. The van der Waals surface area contributed by atoms with Gasteiger partial charge in [-0.1, -0.05) is 0 Å². The van der Waals surface area contributed by atoms with Crippen LogP contribution in [-0.4, -0.2) is 34.2 Å². The van der Waals surface area contributed by atoms with Gasteiger partial charge in [0.25, 0.3) is 0 Å². The molecule has 0 unspecified atom stereocenters. The Morgan fingerprint density at radius 3 is 3.00 bits per heavy atom. The van der Waals surface area contributed by atoms with Gasteiger partial charge in [-0.05, 0) is 12.1 Å². The minimum atomic E-state index is -0.368. The summed E-state index contributed by atoms with van der Waals surface area (Å²) in [5.41, 5.74) is 1.35. The van der Waals surface area contributed by atoms with Crippen LogP contribution < -0.4 is 5.32 Å². The first-order chi connectivity index (χ1) is 9.29. The first-order valence-electron chi connectivity index (χ1n) is 5.99. The number of rotatable bonds is 6. The van der Waals surface area contributed by atoms with E-state index in [-0.39, 0.29) is 5.97 Å². The maximum atomic E-state index is 11.2. The Hall–Kier alpha value is -2.21. The molecule has 100 valence electrons. The Morgan fingerprint density at radius 2 is 2.37 bits per heavy atom. The third-order valence-corrected chi connectivity index (χ3v) is 2.66. The lowest BCUT2D eigenvalue weighted by atomic mass is 10.2. The number of ether oxygens (including phenoxy) is 1. The molecule has 0 saturated carbocycles. The molecule has 0 saturated heterocycles.